The van der Waals surface area contributed by atoms with E-state index in [2.05, 4.69) is 20.5 Å². The number of carbonyl (C=O) groups excluding carboxylic acids is 1. The Morgan fingerprint density at radius 1 is 1.27 bits per heavy atom. The summed E-state index contributed by atoms with van der Waals surface area (Å²) in [7, 11) is 3.67. The van der Waals surface area contributed by atoms with Gasteiger partial charge in [0, 0.05) is 44.6 Å². The summed E-state index contributed by atoms with van der Waals surface area (Å²) in [5.41, 5.74) is 4.16. The average molecular weight is 508 g/mol. The Morgan fingerprint density at radius 3 is 2.86 bits per heavy atom. The Morgan fingerprint density at radius 2 is 2.08 bits per heavy atom. The number of carbonyl (C=O) groups is 1. The molecule has 0 radical (unpaired) electrons. The minimum atomic E-state index is -0.322. The van der Waals surface area contributed by atoms with Crippen molar-refractivity contribution in [3.8, 4) is 22.8 Å². The van der Waals surface area contributed by atoms with Crippen molar-refractivity contribution in [3.05, 3.63) is 48.2 Å². The lowest BCUT2D eigenvalue weighted by atomic mass is 10.1. The standard InChI is InChI=1S/C26H33N7O4/c1-17-23(19-14-22-25(27-15-19)36-13-10-31(22)3)30-33(20-8-6-5-7-9-20)24(17)29-26(34)28-21-16-32(11-12-35-4)37-18(21)2/h5-9,14-15,18,21H,10-13,16H2,1-4H3,(H2,28,29,34)/t18-,21+/m0/s1. The molecule has 2 aliphatic heterocycles. The van der Waals surface area contributed by atoms with Crippen molar-refractivity contribution in [1.29, 1.82) is 0 Å². The van der Waals surface area contributed by atoms with Gasteiger partial charge in [-0.25, -0.2) is 14.5 Å². The number of anilines is 2. The summed E-state index contributed by atoms with van der Waals surface area (Å²) >= 11 is 0. The van der Waals surface area contributed by atoms with Crippen LogP contribution >= 0.6 is 0 Å². The van der Waals surface area contributed by atoms with E-state index in [0.29, 0.717) is 38.0 Å². The maximum Gasteiger partial charge on any atom is 0.320 e. The number of hydrogen-bond donors (Lipinski definition) is 2. The maximum atomic E-state index is 13.2. The minimum absolute atomic E-state index is 0.154. The van der Waals surface area contributed by atoms with Crippen LogP contribution < -0.4 is 20.3 Å². The number of para-hydroxylation sites is 1. The van der Waals surface area contributed by atoms with E-state index >= 15 is 0 Å². The topological polar surface area (TPSA) is 106 Å². The lowest BCUT2D eigenvalue weighted by molar-refractivity contribution is -0.146. The van der Waals surface area contributed by atoms with Gasteiger partial charge in [-0.2, -0.15) is 10.2 Å². The molecule has 0 bridgehead atoms. The number of rotatable bonds is 7. The lowest BCUT2D eigenvalue weighted by Crippen LogP contribution is -2.44. The highest BCUT2D eigenvalue weighted by Crippen LogP contribution is 2.36. The van der Waals surface area contributed by atoms with Gasteiger partial charge in [0.15, 0.2) is 0 Å². The summed E-state index contributed by atoms with van der Waals surface area (Å²) in [5.74, 6) is 1.20. The monoisotopic (exact) mass is 507 g/mol. The Hall–Kier alpha value is -3.67. The summed E-state index contributed by atoms with van der Waals surface area (Å²) in [6, 6.07) is 11.3. The van der Waals surface area contributed by atoms with Crippen LogP contribution in [-0.4, -0.2) is 85.0 Å². The maximum absolute atomic E-state index is 13.2. The average Bonchev–Trinajstić information content (AvgIpc) is 3.42. The van der Waals surface area contributed by atoms with Crippen LogP contribution in [0.15, 0.2) is 42.6 Å². The molecule has 5 rings (SSSR count). The van der Waals surface area contributed by atoms with Crippen LogP contribution in [0, 0.1) is 6.92 Å². The van der Waals surface area contributed by atoms with Gasteiger partial charge in [-0.3, -0.25) is 10.2 Å². The Bertz CT molecular complexity index is 1250. The van der Waals surface area contributed by atoms with Crippen molar-refractivity contribution in [1.82, 2.24) is 25.1 Å². The number of methoxy groups -OCH3 is 1. The second-order valence-electron chi connectivity index (χ2n) is 9.28. The van der Waals surface area contributed by atoms with Gasteiger partial charge < -0.3 is 19.7 Å². The molecule has 11 heteroatoms. The quantitative estimate of drug-likeness (QED) is 0.503. The summed E-state index contributed by atoms with van der Waals surface area (Å²) < 4.78 is 12.6. The zero-order valence-corrected chi connectivity index (χ0v) is 21.6. The van der Waals surface area contributed by atoms with E-state index in [1.54, 1.807) is 18.0 Å². The van der Waals surface area contributed by atoms with Crippen molar-refractivity contribution >= 4 is 17.5 Å². The molecule has 0 saturated carbocycles. The number of amides is 2. The van der Waals surface area contributed by atoms with Crippen molar-refractivity contribution < 1.29 is 19.1 Å². The first-order valence-electron chi connectivity index (χ1n) is 12.4. The summed E-state index contributed by atoms with van der Waals surface area (Å²) in [6.45, 7) is 7.06. The smallest absolute Gasteiger partial charge is 0.320 e. The van der Waals surface area contributed by atoms with Crippen LogP contribution in [0.5, 0.6) is 5.88 Å². The number of benzene rings is 1. The Labute approximate surface area is 216 Å². The number of likely N-dealkylation sites (N-methyl/N-ethyl adjacent to an activating group) is 1. The third-order valence-corrected chi connectivity index (χ3v) is 6.68. The van der Waals surface area contributed by atoms with Crippen LogP contribution in [0.25, 0.3) is 16.9 Å². The molecule has 2 amide bonds. The zero-order chi connectivity index (χ0) is 25.9. The molecule has 2 aromatic heterocycles. The molecular weight excluding hydrogens is 474 g/mol. The van der Waals surface area contributed by atoms with Gasteiger partial charge in [-0.15, -0.1) is 0 Å². The number of nitrogens with zero attached hydrogens (tertiary/aromatic N) is 5. The fourth-order valence-electron chi connectivity index (χ4n) is 4.56. The second kappa shape index (κ2) is 10.8. The molecule has 2 atom stereocenters. The summed E-state index contributed by atoms with van der Waals surface area (Å²) in [6.07, 6.45) is 1.61. The highest BCUT2D eigenvalue weighted by molar-refractivity contribution is 5.91. The highest BCUT2D eigenvalue weighted by atomic mass is 16.7. The van der Waals surface area contributed by atoms with Crippen LogP contribution in [0.4, 0.5) is 16.3 Å². The number of nitrogens with one attached hydrogen (secondary N) is 2. The van der Waals surface area contributed by atoms with Gasteiger partial charge >= 0.3 is 6.03 Å². The van der Waals surface area contributed by atoms with E-state index in [-0.39, 0.29) is 18.2 Å². The van der Waals surface area contributed by atoms with Gasteiger partial charge in [-0.05, 0) is 32.0 Å². The van der Waals surface area contributed by atoms with E-state index in [1.165, 1.54) is 0 Å². The molecular formula is C26H33N7O4. The number of urea groups is 1. The molecule has 0 aliphatic carbocycles. The van der Waals surface area contributed by atoms with E-state index in [0.717, 1.165) is 34.7 Å². The van der Waals surface area contributed by atoms with Crippen LogP contribution in [-0.2, 0) is 9.57 Å². The zero-order valence-electron chi connectivity index (χ0n) is 21.6. The summed E-state index contributed by atoms with van der Waals surface area (Å²) in [5, 5.41) is 12.8. The van der Waals surface area contributed by atoms with Crippen LogP contribution in [0.1, 0.15) is 12.5 Å². The van der Waals surface area contributed by atoms with Crippen molar-refractivity contribution in [2.45, 2.75) is 26.0 Å². The minimum Gasteiger partial charge on any atom is -0.474 e. The molecule has 1 saturated heterocycles. The number of hydroxylamine groups is 2. The van der Waals surface area contributed by atoms with E-state index in [1.807, 2.05) is 62.4 Å². The van der Waals surface area contributed by atoms with Crippen LogP contribution in [0.3, 0.4) is 0 Å². The Balaban J connectivity index is 1.42. The van der Waals surface area contributed by atoms with Gasteiger partial charge in [0.2, 0.25) is 5.88 Å². The Kier molecular flexibility index (Phi) is 7.26. The SMILES string of the molecule is COCCN1C[C@@H](NC(=O)Nc2c(C)c(-c3cnc4c(c3)N(C)CCO4)nn2-c2ccccc2)[C@H](C)O1. The molecule has 3 aromatic rings. The molecule has 1 aromatic carbocycles. The predicted molar refractivity (Wildman–Crippen MR) is 140 cm³/mol. The van der Waals surface area contributed by atoms with Gasteiger partial charge in [-0.1, -0.05) is 18.2 Å². The van der Waals surface area contributed by atoms with E-state index in [9.17, 15) is 4.79 Å². The van der Waals surface area contributed by atoms with E-state index in [4.69, 9.17) is 19.4 Å². The molecule has 0 unspecified atom stereocenters. The number of aromatic nitrogens is 3. The van der Waals surface area contributed by atoms with Gasteiger partial charge in [0.25, 0.3) is 0 Å². The molecule has 2 N–H and O–H groups in total. The first-order chi connectivity index (χ1) is 17.9. The highest BCUT2D eigenvalue weighted by Gasteiger charge is 2.32. The number of hydrogen-bond acceptors (Lipinski definition) is 8. The molecule has 0 spiro atoms. The molecule has 2 aliphatic rings. The van der Waals surface area contributed by atoms with E-state index < -0.39 is 0 Å². The first-order valence-corrected chi connectivity index (χ1v) is 12.4. The van der Waals surface area contributed by atoms with Gasteiger partial charge in [0.05, 0.1) is 36.7 Å². The molecule has 11 nitrogen and oxygen atoms in total. The molecule has 1 fully saturated rings. The predicted octanol–water partition coefficient (Wildman–Crippen LogP) is 2.84. The third-order valence-electron chi connectivity index (χ3n) is 6.68. The number of pyridine rings is 1. The molecule has 196 valence electrons. The fourth-order valence-corrected chi connectivity index (χ4v) is 4.56. The third kappa shape index (κ3) is 5.24. The van der Waals surface area contributed by atoms with Crippen LogP contribution in [0.2, 0.25) is 0 Å². The number of fused-ring (bicyclic) bond motifs is 1. The van der Waals surface area contributed by atoms with Crippen molar-refractivity contribution in [2.24, 2.45) is 0 Å². The summed E-state index contributed by atoms with van der Waals surface area (Å²) in [4.78, 5) is 25.6. The lowest BCUT2D eigenvalue weighted by Gasteiger charge is -2.26. The van der Waals surface area contributed by atoms with Crippen molar-refractivity contribution in [2.75, 3.05) is 57.2 Å². The molecule has 37 heavy (non-hydrogen) atoms. The molecule has 4 heterocycles. The van der Waals surface area contributed by atoms with Crippen molar-refractivity contribution in [3.63, 3.8) is 0 Å². The first kappa shape index (κ1) is 25.0. The fraction of sp³-hybridized carbons (Fsp3) is 0.423. The second-order valence-corrected chi connectivity index (χ2v) is 9.28. The number of ether oxygens (including phenoxy) is 2. The largest absolute Gasteiger partial charge is 0.474 e. The van der Waals surface area contributed by atoms with Gasteiger partial charge in [0.1, 0.15) is 18.1 Å². The normalized spacial score (nSPS) is 19.4.